The first kappa shape index (κ1) is 18.6. The first-order valence-corrected chi connectivity index (χ1v) is 10.1. The Balaban J connectivity index is 1.51. The second kappa shape index (κ2) is 7.42. The lowest BCUT2D eigenvalue weighted by molar-refractivity contribution is 0.230. The lowest BCUT2D eigenvalue weighted by Gasteiger charge is -2.30. The maximum Gasteiger partial charge on any atom is 0.165 e. The number of rotatable bonds is 4. The van der Waals surface area contributed by atoms with Crippen LogP contribution >= 0.6 is 0 Å². The van der Waals surface area contributed by atoms with Crippen LogP contribution in [0.3, 0.4) is 0 Å². The normalized spacial score (nSPS) is 19.2. The average Bonchev–Trinajstić information content (AvgIpc) is 3.23. The molecule has 0 amide bonds. The predicted octanol–water partition coefficient (Wildman–Crippen LogP) is 3.52. The van der Waals surface area contributed by atoms with Gasteiger partial charge in [0.05, 0.1) is 30.6 Å². The van der Waals surface area contributed by atoms with Crippen LogP contribution in [0.2, 0.25) is 0 Å². The molecule has 7 heteroatoms. The molecule has 1 fully saturated rings. The molecule has 0 unspecified atom stereocenters. The van der Waals surface area contributed by atoms with Gasteiger partial charge in [0.1, 0.15) is 11.6 Å². The fraction of sp³-hybridized carbons (Fsp3) is 0.261. The topological polar surface area (TPSA) is 90.4 Å². The van der Waals surface area contributed by atoms with E-state index in [1.807, 2.05) is 36.7 Å². The van der Waals surface area contributed by atoms with Gasteiger partial charge in [0.15, 0.2) is 5.65 Å². The molecule has 152 valence electrons. The van der Waals surface area contributed by atoms with Gasteiger partial charge < -0.3 is 15.8 Å². The first-order valence-electron chi connectivity index (χ1n) is 10.1. The van der Waals surface area contributed by atoms with Crippen molar-refractivity contribution in [2.75, 3.05) is 19.4 Å². The van der Waals surface area contributed by atoms with Gasteiger partial charge in [-0.1, -0.05) is 24.8 Å². The zero-order chi connectivity index (χ0) is 20.7. The summed E-state index contributed by atoms with van der Waals surface area (Å²) in [6, 6.07) is 12.3. The summed E-state index contributed by atoms with van der Waals surface area (Å²) in [6.07, 6.45) is 5.62. The Morgan fingerprint density at radius 1 is 1.23 bits per heavy atom. The smallest absolute Gasteiger partial charge is 0.165 e. The number of nitrogens with zero attached hydrogens (tertiary/aromatic N) is 4. The standard InChI is InChI=1S/C23H24N6O/c1-14(30-2)19-8-7-16(11-25-19)21-10-22(24)29-23(28-21)18(13-27-29)17-9-15-5-3-4-6-20(15)26-12-17/h3-6,9-10,12-13,16,19,25H,1,7-8,11,24H2,2H3/t16-,19-/m0/s1. The van der Waals surface area contributed by atoms with Crippen molar-refractivity contribution in [1.82, 2.24) is 24.9 Å². The van der Waals surface area contributed by atoms with Gasteiger partial charge in [0.2, 0.25) is 0 Å². The van der Waals surface area contributed by atoms with Crippen LogP contribution in [0.4, 0.5) is 5.82 Å². The quantitative estimate of drug-likeness (QED) is 0.510. The molecule has 0 aliphatic carbocycles. The fourth-order valence-corrected chi connectivity index (χ4v) is 4.16. The molecule has 1 aliphatic heterocycles. The molecule has 1 aliphatic rings. The van der Waals surface area contributed by atoms with Crippen molar-refractivity contribution in [2.24, 2.45) is 0 Å². The molecule has 3 aromatic heterocycles. The zero-order valence-corrected chi connectivity index (χ0v) is 16.9. The van der Waals surface area contributed by atoms with Gasteiger partial charge in [-0.25, -0.2) is 4.98 Å². The van der Waals surface area contributed by atoms with Crippen molar-refractivity contribution in [1.29, 1.82) is 0 Å². The van der Waals surface area contributed by atoms with Crippen molar-refractivity contribution < 1.29 is 4.74 Å². The van der Waals surface area contributed by atoms with E-state index >= 15 is 0 Å². The Kier molecular flexibility index (Phi) is 4.59. The van der Waals surface area contributed by atoms with Gasteiger partial charge in [-0.15, -0.1) is 0 Å². The van der Waals surface area contributed by atoms with Gasteiger partial charge in [-0.05, 0) is 25.0 Å². The Hall–Kier alpha value is -3.45. The molecular formula is C23H24N6O. The van der Waals surface area contributed by atoms with E-state index in [4.69, 9.17) is 15.5 Å². The second-order valence-electron chi connectivity index (χ2n) is 7.72. The summed E-state index contributed by atoms with van der Waals surface area (Å²) in [5.41, 5.74) is 10.9. The summed E-state index contributed by atoms with van der Waals surface area (Å²) in [6.45, 7) is 4.77. The van der Waals surface area contributed by atoms with Crippen molar-refractivity contribution in [3.63, 3.8) is 0 Å². The maximum atomic E-state index is 6.33. The van der Waals surface area contributed by atoms with Crippen molar-refractivity contribution >= 4 is 22.4 Å². The number of hydrogen-bond acceptors (Lipinski definition) is 6. The van der Waals surface area contributed by atoms with Crippen LogP contribution in [0.1, 0.15) is 24.5 Å². The molecule has 0 bridgehead atoms. The number of hydrogen-bond donors (Lipinski definition) is 2. The molecule has 1 aromatic carbocycles. The fourth-order valence-electron chi connectivity index (χ4n) is 4.16. The van der Waals surface area contributed by atoms with Gasteiger partial charge in [-0.3, -0.25) is 4.98 Å². The highest BCUT2D eigenvalue weighted by molar-refractivity contribution is 5.86. The van der Waals surface area contributed by atoms with Gasteiger partial charge in [-0.2, -0.15) is 9.61 Å². The van der Waals surface area contributed by atoms with E-state index in [0.717, 1.165) is 58.5 Å². The van der Waals surface area contributed by atoms with E-state index in [-0.39, 0.29) is 12.0 Å². The third-order valence-corrected chi connectivity index (χ3v) is 5.90. The van der Waals surface area contributed by atoms with E-state index < -0.39 is 0 Å². The van der Waals surface area contributed by atoms with Crippen LogP contribution in [-0.4, -0.2) is 39.3 Å². The summed E-state index contributed by atoms with van der Waals surface area (Å²) in [7, 11) is 1.66. The summed E-state index contributed by atoms with van der Waals surface area (Å²) in [4.78, 5) is 9.55. The monoisotopic (exact) mass is 400 g/mol. The second-order valence-corrected chi connectivity index (χ2v) is 7.72. The van der Waals surface area contributed by atoms with Crippen LogP contribution in [0.25, 0.3) is 27.7 Å². The molecule has 4 aromatic rings. The minimum absolute atomic E-state index is 0.182. The van der Waals surface area contributed by atoms with Gasteiger partial charge in [0, 0.05) is 41.2 Å². The third kappa shape index (κ3) is 3.17. The Morgan fingerprint density at radius 2 is 2.10 bits per heavy atom. The molecule has 4 heterocycles. The number of benzene rings is 1. The lowest BCUT2D eigenvalue weighted by Crippen LogP contribution is -2.39. The minimum atomic E-state index is 0.182. The Bertz CT molecular complexity index is 1240. The van der Waals surface area contributed by atoms with Crippen LogP contribution in [0.15, 0.2) is 61.1 Å². The molecular weight excluding hydrogens is 376 g/mol. The minimum Gasteiger partial charge on any atom is -0.500 e. The number of pyridine rings is 1. The van der Waals surface area contributed by atoms with E-state index in [9.17, 15) is 0 Å². The Labute approximate surface area is 174 Å². The lowest BCUT2D eigenvalue weighted by atomic mass is 9.91. The largest absolute Gasteiger partial charge is 0.500 e. The molecule has 0 spiro atoms. The number of nitrogen functional groups attached to an aromatic ring is 1. The van der Waals surface area contributed by atoms with E-state index in [0.29, 0.717) is 5.82 Å². The van der Waals surface area contributed by atoms with Crippen LogP contribution in [-0.2, 0) is 4.74 Å². The molecule has 0 saturated carbocycles. The summed E-state index contributed by atoms with van der Waals surface area (Å²) < 4.78 is 6.98. The number of fused-ring (bicyclic) bond motifs is 2. The number of para-hydroxylation sites is 1. The molecule has 1 saturated heterocycles. The number of methoxy groups -OCH3 is 1. The zero-order valence-electron chi connectivity index (χ0n) is 16.9. The van der Waals surface area contributed by atoms with E-state index in [2.05, 4.69) is 34.1 Å². The number of ether oxygens (including phenoxy) is 1. The highest BCUT2D eigenvalue weighted by Gasteiger charge is 2.26. The average molecular weight is 400 g/mol. The van der Waals surface area contributed by atoms with Crippen LogP contribution in [0.5, 0.6) is 0 Å². The highest BCUT2D eigenvalue weighted by Crippen LogP contribution is 2.31. The Morgan fingerprint density at radius 3 is 2.90 bits per heavy atom. The van der Waals surface area contributed by atoms with Crippen molar-refractivity contribution in [2.45, 2.75) is 24.8 Å². The van der Waals surface area contributed by atoms with Crippen molar-refractivity contribution in [3.05, 3.63) is 66.8 Å². The van der Waals surface area contributed by atoms with Crippen molar-refractivity contribution in [3.8, 4) is 11.1 Å². The van der Waals surface area contributed by atoms with Crippen LogP contribution < -0.4 is 11.1 Å². The van der Waals surface area contributed by atoms with E-state index in [1.165, 1.54) is 0 Å². The van der Waals surface area contributed by atoms with Crippen LogP contribution in [0, 0.1) is 0 Å². The van der Waals surface area contributed by atoms with E-state index in [1.54, 1.807) is 11.6 Å². The molecule has 3 N–H and O–H groups in total. The molecule has 0 radical (unpaired) electrons. The first-order chi connectivity index (χ1) is 14.6. The maximum absolute atomic E-state index is 6.33. The molecule has 30 heavy (non-hydrogen) atoms. The summed E-state index contributed by atoms with van der Waals surface area (Å²) in [5, 5.41) is 9.06. The SMILES string of the molecule is C=C(OC)[C@@H]1CC[C@H](c2cc(N)n3ncc(-c4cnc5ccccc5c4)c3n2)CN1. The summed E-state index contributed by atoms with van der Waals surface area (Å²) in [5.74, 6) is 1.63. The third-order valence-electron chi connectivity index (χ3n) is 5.90. The number of nitrogens with two attached hydrogens (primary N) is 1. The van der Waals surface area contributed by atoms with Gasteiger partial charge in [0.25, 0.3) is 0 Å². The number of anilines is 1. The van der Waals surface area contributed by atoms with Gasteiger partial charge >= 0.3 is 0 Å². The molecule has 5 rings (SSSR count). The molecule has 2 atom stereocenters. The summed E-state index contributed by atoms with van der Waals surface area (Å²) >= 11 is 0. The number of piperidine rings is 1. The predicted molar refractivity (Wildman–Crippen MR) is 118 cm³/mol. The number of aromatic nitrogens is 4. The highest BCUT2D eigenvalue weighted by atomic mass is 16.5. The molecule has 7 nitrogen and oxygen atoms in total. The number of nitrogens with one attached hydrogen (secondary N) is 1.